The Balaban J connectivity index is 1.49. The van der Waals surface area contributed by atoms with E-state index in [2.05, 4.69) is 39.0 Å². The third kappa shape index (κ3) is 2.71. The number of carbonyl (C=O) groups excluding carboxylic acids is 1. The zero-order valence-corrected chi connectivity index (χ0v) is 11.4. The summed E-state index contributed by atoms with van der Waals surface area (Å²) in [4.78, 5) is 16.0. The molecule has 2 unspecified atom stereocenters. The highest BCUT2D eigenvalue weighted by Crippen LogP contribution is 2.48. The van der Waals surface area contributed by atoms with Gasteiger partial charge in [0.15, 0.2) is 5.82 Å². The first-order chi connectivity index (χ1) is 9.75. The maximum absolute atomic E-state index is 12.1. The predicted molar refractivity (Wildman–Crippen MR) is 73.0 cm³/mol. The van der Waals surface area contributed by atoms with Gasteiger partial charge in [-0.1, -0.05) is 29.4 Å². The summed E-state index contributed by atoms with van der Waals surface area (Å²) < 4.78 is 4.65. The van der Waals surface area contributed by atoms with Crippen LogP contribution in [0.15, 0.2) is 35.2 Å². The van der Waals surface area contributed by atoms with E-state index < -0.39 is 0 Å². The number of carbonyl (C=O) groups is 1. The lowest BCUT2D eigenvalue weighted by Crippen LogP contribution is -2.27. The van der Waals surface area contributed by atoms with Gasteiger partial charge >= 0.3 is 0 Å². The topological polar surface area (TPSA) is 68.0 Å². The molecule has 0 aliphatic heterocycles. The van der Waals surface area contributed by atoms with Crippen molar-refractivity contribution in [3.63, 3.8) is 0 Å². The van der Waals surface area contributed by atoms with Crippen molar-refractivity contribution in [3.8, 4) is 0 Å². The number of hydrogen-bond acceptors (Lipinski definition) is 4. The van der Waals surface area contributed by atoms with Crippen molar-refractivity contribution in [2.75, 3.05) is 6.54 Å². The fraction of sp³-hybridized carbons (Fsp3) is 0.400. The van der Waals surface area contributed by atoms with Gasteiger partial charge in [-0.15, -0.1) is 0 Å². The van der Waals surface area contributed by atoms with E-state index in [0.717, 1.165) is 6.42 Å². The number of nitrogens with one attached hydrogen (secondary N) is 1. The van der Waals surface area contributed by atoms with Gasteiger partial charge in [0.1, 0.15) is 0 Å². The van der Waals surface area contributed by atoms with Gasteiger partial charge in [0.2, 0.25) is 12.3 Å². The molecule has 5 heteroatoms. The van der Waals surface area contributed by atoms with Crippen LogP contribution in [0.4, 0.5) is 0 Å². The van der Waals surface area contributed by atoms with Crippen molar-refractivity contribution in [2.45, 2.75) is 25.7 Å². The zero-order chi connectivity index (χ0) is 13.9. The SMILES string of the molecule is Cc1ccccc1C1CC1C(=O)NCCc1ncon1. The van der Waals surface area contributed by atoms with E-state index in [4.69, 9.17) is 0 Å². The Labute approximate surface area is 117 Å². The van der Waals surface area contributed by atoms with Crippen LogP contribution >= 0.6 is 0 Å². The van der Waals surface area contributed by atoms with E-state index in [9.17, 15) is 4.79 Å². The first-order valence-corrected chi connectivity index (χ1v) is 6.84. The van der Waals surface area contributed by atoms with Crippen molar-refractivity contribution < 1.29 is 9.32 Å². The van der Waals surface area contributed by atoms with Gasteiger partial charge in [-0.2, -0.15) is 4.98 Å². The lowest BCUT2D eigenvalue weighted by atomic mass is 10.0. The molecule has 5 nitrogen and oxygen atoms in total. The van der Waals surface area contributed by atoms with E-state index in [-0.39, 0.29) is 11.8 Å². The Morgan fingerprint density at radius 1 is 1.45 bits per heavy atom. The second kappa shape index (κ2) is 5.45. The summed E-state index contributed by atoms with van der Waals surface area (Å²) in [5.74, 6) is 1.24. The van der Waals surface area contributed by atoms with E-state index in [0.29, 0.717) is 24.7 Å². The molecule has 2 aromatic rings. The van der Waals surface area contributed by atoms with E-state index >= 15 is 0 Å². The summed E-state index contributed by atoms with van der Waals surface area (Å²) in [6.07, 6.45) is 2.84. The minimum atomic E-state index is 0.112. The van der Waals surface area contributed by atoms with Gasteiger partial charge in [-0.05, 0) is 30.4 Å². The number of nitrogens with zero attached hydrogens (tertiary/aromatic N) is 2. The van der Waals surface area contributed by atoms with Gasteiger partial charge in [-0.25, -0.2) is 0 Å². The van der Waals surface area contributed by atoms with E-state index in [1.165, 1.54) is 17.5 Å². The number of amides is 1. The fourth-order valence-electron chi connectivity index (χ4n) is 2.56. The molecule has 1 fully saturated rings. The maximum atomic E-state index is 12.1. The van der Waals surface area contributed by atoms with E-state index in [1.807, 2.05) is 12.1 Å². The van der Waals surface area contributed by atoms with Crippen LogP contribution in [0.25, 0.3) is 0 Å². The number of aryl methyl sites for hydroxylation is 1. The highest BCUT2D eigenvalue weighted by molar-refractivity contribution is 5.83. The smallest absolute Gasteiger partial charge is 0.223 e. The molecule has 1 aliphatic carbocycles. The van der Waals surface area contributed by atoms with Gasteiger partial charge in [0.25, 0.3) is 0 Å². The van der Waals surface area contributed by atoms with Crippen LogP contribution in [-0.2, 0) is 11.2 Å². The fourth-order valence-corrected chi connectivity index (χ4v) is 2.56. The molecule has 2 atom stereocenters. The normalized spacial score (nSPS) is 20.6. The molecule has 1 heterocycles. The molecular weight excluding hydrogens is 254 g/mol. The van der Waals surface area contributed by atoms with Crippen LogP contribution in [-0.4, -0.2) is 22.6 Å². The molecule has 0 spiro atoms. The number of rotatable bonds is 5. The Bertz CT molecular complexity index is 595. The third-order valence-corrected chi connectivity index (χ3v) is 3.77. The molecule has 1 amide bonds. The molecule has 1 aromatic heterocycles. The molecule has 3 rings (SSSR count). The van der Waals surface area contributed by atoms with Gasteiger partial charge in [0, 0.05) is 18.9 Å². The number of benzene rings is 1. The highest BCUT2D eigenvalue weighted by atomic mass is 16.5. The monoisotopic (exact) mass is 271 g/mol. The molecule has 1 N–H and O–H groups in total. The largest absolute Gasteiger partial charge is 0.355 e. The van der Waals surface area contributed by atoms with Gasteiger partial charge in [0.05, 0.1) is 0 Å². The molecule has 1 aromatic carbocycles. The first kappa shape index (κ1) is 12.8. The summed E-state index contributed by atoms with van der Waals surface area (Å²) in [6, 6.07) is 8.28. The molecule has 1 saturated carbocycles. The summed E-state index contributed by atoms with van der Waals surface area (Å²) in [5.41, 5.74) is 2.56. The quantitative estimate of drug-likeness (QED) is 0.901. The lowest BCUT2D eigenvalue weighted by molar-refractivity contribution is -0.122. The van der Waals surface area contributed by atoms with Crippen LogP contribution in [0.1, 0.15) is 29.3 Å². The van der Waals surface area contributed by atoms with Crippen molar-refractivity contribution in [1.29, 1.82) is 0 Å². The predicted octanol–water partition coefficient (Wildman–Crippen LogP) is 1.84. The average molecular weight is 271 g/mol. The van der Waals surface area contributed by atoms with Gasteiger partial charge in [-0.3, -0.25) is 4.79 Å². The van der Waals surface area contributed by atoms with Crippen LogP contribution in [0.2, 0.25) is 0 Å². The number of hydrogen-bond donors (Lipinski definition) is 1. The Morgan fingerprint density at radius 3 is 3.05 bits per heavy atom. The Kier molecular flexibility index (Phi) is 3.50. The average Bonchev–Trinajstić information content (AvgIpc) is 3.07. The minimum Gasteiger partial charge on any atom is -0.355 e. The van der Waals surface area contributed by atoms with Crippen LogP contribution in [0.5, 0.6) is 0 Å². The summed E-state index contributed by atoms with van der Waals surface area (Å²) in [5, 5.41) is 6.65. The summed E-state index contributed by atoms with van der Waals surface area (Å²) in [6.45, 7) is 2.65. The van der Waals surface area contributed by atoms with E-state index in [1.54, 1.807) is 0 Å². The van der Waals surface area contributed by atoms with Crippen molar-refractivity contribution in [2.24, 2.45) is 5.92 Å². The van der Waals surface area contributed by atoms with Crippen LogP contribution in [0, 0.1) is 12.8 Å². The third-order valence-electron chi connectivity index (χ3n) is 3.77. The molecule has 20 heavy (non-hydrogen) atoms. The zero-order valence-electron chi connectivity index (χ0n) is 11.4. The summed E-state index contributed by atoms with van der Waals surface area (Å²) >= 11 is 0. The standard InChI is InChI=1S/C15H17N3O2/c1-10-4-2-3-5-11(10)12-8-13(12)15(19)16-7-6-14-17-9-20-18-14/h2-5,9,12-13H,6-8H2,1H3,(H,16,19). The van der Waals surface area contributed by atoms with Crippen LogP contribution < -0.4 is 5.32 Å². The molecule has 0 radical (unpaired) electrons. The van der Waals surface area contributed by atoms with Crippen molar-refractivity contribution >= 4 is 5.91 Å². The minimum absolute atomic E-state index is 0.112. The molecule has 0 bridgehead atoms. The highest BCUT2D eigenvalue weighted by Gasteiger charge is 2.44. The molecule has 1 aliphatic rings. The van der Waals surface area contributed by atoms with Gasteiger partial charge < -0.3 is 9.84 Å². The lowest BCUT2D eigenvalue weighted by Gasteiger charge is -2.05. The Morgan fingerprint density at radius 2 is 2.30 bits per heavy atom. The molecular formula is C15H17N3O2. The first-order valence-electron chi connectivity index (χ1n) is 6.84. The molecule has 0 saturated heterocycles. The number of aromatic nitrogens is 2. The second-order valence-corrected chi connectivity index (χ2v) is 5.19. The van der Waals surface area contributed by atoms with Crippen molar-refractivity contribution in [1.82, 2.24) is 15.5 Å². The van der Waals surface area contributed by atoms with Crippen LogP contribution in [0.3, 0.4) is 0 Å². The molecule has 104 valence electrons. The maximum Gasteiger partial charge on any atom is 0.223 e. The Hall–Kier alpha value is -2.17. The summed E-state index contributed by atoms with van der Waals surface area (Å²) in [7, 11) is 0. The second-order valence-electron chi connectivity index (χ2n) is 5.19. The van der Waals surface area contributed by atoms with Crippen molar-refractivity contribution in [3.05, 3.63) is 47.6 Å².